The highest BCUT2D eigenvalue weighted by molar-refractivity contribution is 7.25. The van der Waals surface area contributed by atoms with Gasteiger partial charge >= 0.3 is 0 Å². The quantitative estimate of drug-likeness (QED) is 0.220. The summed E-state index contributed by atoms with van der Waals surface area (Å²) in [7, 11) is 0. The zero-order valence-corrected chi connectivity index (χ0v) is 22.6. The summed E-state index contributed by atoms with van der Waals surface area (Å²) in [6.45, 7) is 0. The Labute approximate surface area is 237 Å². The first kappa shape index (κ1) is 23.0. The molecule has 0 fully saturated rings. The van der Waals surface area contributed by atoms with Crippen LogP contribution >= 0.6 is 11.3 Å². The fourth-order valence-corrected chi connectivity index (χ4v) is 7.00. The molecule has 8 rings (SSSR count). The largest absolute Gasteiger partial charge is 0.310 e. The lowest BCUT2D eigenvalue weighted by molar-refractivity contribution is 1.29. The minimum Gasteiger partial charge on any atom is -0.310 e. The number of anilines is 3. The van der Waals surface area contributed by atoms with E-state index in [0.717, 1.165) is 17.1 Å². The van der Waals surface area contributed by atoms with Gasteiger partial charge in [0.15, 0.2) is 0 Å². The van der Waals surface area contributed by atoms with Crippen LogP contribution in [-0.2, 0) is 0 Å². The van der Waals surface area contributed by atoms with Crippen molar-refractivity contribution >= 4 is 70.1 Å². The lowest BCUT2D eigenvalue weighted by atomic mass is 10.0. The highest BCUT2D eigenvalue weighted by Crippen LogP contribution is 2.43. The molecule has 0 radical (unpaired) electrons. The van der Waals surface area contributed by atoms with E-state index in [1.807, 2.05) is 11.3 Å². The fourth-order valence-electron chi connectivity index (χ4n) is 5.87. The molecule has 0 saturated carbocycles. The topological polar surface area (TPSA) is 3.24 Å². The Hall–Kier alpha value is -4.92. The number of para-hydroxylation sites is 1. The van der Waals surface area contributed by atoms with Crippen molar-refractivity contribution in [2.45, 2.75) is 0 Å². The fraction of sp³-hybridized carbons (Fsp3) is 0. The first-order valence-electron chi connectivity index (χ1n) is 13.6. The normalized spacial score (nSPS) is 11.5. The smallest absolute Gasteiger partial charge is 0.0540 e. The molecule has 1 heterocycles. The van der Waals surface area contributed by atoms with Crippen LogP contribution in [0.3, 0.4) is 0 Å². The minimum absolute atomic E-state index is 1.14. The van der Waals surface area contributed by atoms with Crippen molar-refractivity contribution in [3.8, 4) is 11.1 Å². The van der Waals surface area contributed by atoms with E-state index >= 15 is 0 Å². The molecule has 0 atom stereocenters. The maximum Gasteiger partial charge on any atom is 0.0540 e. The van der Waals surface area contributed by atoms with Crippen LogP contribution in [-0.4, -0.2) is 0 Å². The van der Waals surface area contributed by atoms with Crippen LogP contribution < -0.4 is 4.90 Å². The maximum absolute atomic E-state index is 2.41. The van der Waals surface area contributed by atoms with Crippen LogP contribution in [0.4, 0.5) is 17.1 Å². The number of hydrogen-bond acceptors (Lipinski definition) is 2. The molecule has 0 aliphatic heterocycles. The molecule has 8 aromatic rings. The van der Waals surface area contributed by atoms with Crippen LogP contribution in [0.2, 0.25) is 0 Å². The molecule has 0 aliphatic rings. The van der Waals surface area contributed by atoms with Gasteiger partial charge < -0.3 is 4.90 Å². The summed E-state index contributed by atoms with van der Waals surface area (Å²) < 4.78 is 2.67. The first-order chi connectivity index (χ1) is 19.8. The van der Waals surface area contributed by atoms with Crippen LogP contribution in [0.5, 0.6) is 0 Å². The van der Waals surface area contributed by atoms with Gasteiger partial charge in [0.2, 0.25) is 0 Å². The van der Waals surface area contributed by atoms with Crippen molar-refractivity contribution in [2.75, 3.05) is 4.90 Å². The van der Waals surface area contributed by atoms with E-state index in [1.54, 1.807) is 0 Å². The summed E-state index contributed by atoms with van der Waals surface area (Å²) >= 11 is 1.87. The summed E-state index contributed by atoms with van der Waals surface area (Å²) in [6.07, 6.45) is 0. The van der Waals surface area contributed by atoms with Gasteiger partial charge in [-0.15, -0.1) is 11.3 Å². The van der Waals surface area contributed by atoms with E-state index < -0.39 is 0 Å². The van der Waals surface area contributed by atoms with E-state index in [-0.39, 0.29) is 0 Å². The number of hydrogen-bond donors (Lipinski definition) is 0. The number of thiophene rings is 1. The zero-order valence-electron chi connectivity index (χ0n) is 21.8. The molecule has 1 aromatic heterocycles. The lowest BCUT2D eigenvalue weighted by Gasteiger charge is -2.28. The molecule has 1 nitrogen and oxygen atoms in total. The predicted octanol–water partition coefficient (Wildman–Crippen LogP) is 11.5. The van der Waals surface area contributed by atoms with Gasteiger partial charge in [0, 0.05) is 37.1 Å². The maximum atomic E-state index is 2.41. The number of benzene rings is 7. The molecule has 0 bridgehead atoms. The van der Waals surface area contributed by atoms with Crippen LogP contribution in [0, 0.1) is 0 Å². The molecule has 2 heteroatoms. The Morgan fingerprint density at radius 3 is 1.93 bits per heavy atom. The SMILES string of the molecule is c1ccc(-c2ccccc2N(c2ccc3ccccc3c2)c2ccc3cc4sc5ccccc5c4cc3c2)cc1. The standard InChI is InChI=1S/C38H25NS/c1-2-11-27(12-3-1)33-14-6-8-16-36(33)39(31-20-18-26-10-4-5-13-28(26)22-31)32-21-19-29-25-38-35(24-30(29)23-32)34-15-7-9-17-37(34)40-38/h1-25H. The van der Waals surface area contributed by atoms with Crippen LogP contribution in [0.1, 0.15) is 0 Å². The van der Waals surface area contributed by atoms with Crippen LogP contribution in [0.15, 0.2) is 152 Å². The Morgan fingerprint density at radius 1 is 0.400 bits per heavy atom. The summed E-state index contributed by atoms with van der Waals surface area (Å²) in [5.41, 5.74) is 5.85. The predicted molar refractivity (Wildman–Crippen MR) is 174 cm³/mol. The second-order valence-electron chi connectivity index (χ2n) is 10.2. The summed E-state index contributed by atoms with van der Waals surface area (Å²) in [4.78, 5) is 2.41. The van der Waals surface area contributed by atoms with Crippen molar-refractivity contribution in [3.05, 3.63) is 152 Å². The molecule has 0 N–H and O–H groups in total. The second kappa shape index (κ2) is 9.37. The molecular weight excluding hydrogens is 502 g/mol. The lowest BCUT2D eigenvalue weighted by Crippen LogP contribution is -2.11. The van der Waals surface area contributed by atoms with E-state index in [1.165, 1.54) is 52.8 Å². The Morgan fingerprint density at radius 2 is 1.05 bits per heavy atom. The summed E-state index contributed by atoms with van der Waals surface area (Å²) in [5, 5.41) is 7.64. The average Bonchev–Trinajstić information content (AvgIpc) is 3.38. The van der Waals surface area contributed by atoms with Crippen molar-refractivity contribution in [1.29, 1.82) is 0 Å². The summed E-state index contributed by atoms with van der Waals surface area (Å²) in [5.74, 6) is 0. The van der Waals surface area contributed by atoms with Crippen molar-refractivity contribution in [2.24, 2.45) is 0 Å². The monoisotopic (exact) mass is 527 g/mol. The molecule has 0 spiro atoms. The Balaban J connectivity index is 1.38. The third-order valence-electron chi connectivity index (χ3n) is 7.80. The van der Waals surface area contributed by atoms with E-state index in [0.29, 0.717) is 0 Å². The van der Waals surface area contributed by atoms with Crippen molar-refractivity contribution < 1.29 is 0 Å². The third-order valence-corrected chi connectivity index (χ3v) is 8.93. The van der Waals surface area contributed by atoms with E-state index in [9.17, 15) is 0 Å². The Kier molecular flexibility index (Phi) is 5.39. The molecule has 0 aliphatic carbocycles. The van der Waals surface area contributed by atoms with Gasteiger partial charge in [-0.2, -0.15) is 0 Å². The number of rotatable bonds is 4. The molecular formula is C38H25NS. The average molecular weight is 528 g/mol. The van der Waals surface area contributed by atoms with Gasteiger partial charge in [-0.25, -0.2) is 0 Å². The second-order valence-corrected chi connectivity index (χ2v) is 11.3. The van der Waals surface area contributed by atoms with E-state index in [2.05, 4.69) is 157 Å². The summed E-state index contributed by atoms with van der Waals surface area (Å²) in [6, 6.07) is 55.1. The van der Waals surface area contributed by atoms with Crippen LogP contribution in [0.25, 0.3) is 52.8 Å². The molecule has 0 unspecified atom stereocenters. The molecule has 0 amide bonds. The van der Waals surface area contributed by atoms with Gasteiger partial charge in [-0.1, -0.05) is 103 Å². The number of fused-ring (bicyclic) bond motifs is 5. The zero-order chi connectivity index (χ0) is 26.5. The van der Waals surface area contributed by atoms with E-state index in [4.69, 9.17) is 0 Å². The van der Waals surface area contributed by atoms with Gasteiger partial charge in [0.05, 0.1) is 5.69 Å². The molecule has 40 heavy (non-hydrogen) atoms. The van der Waals surface area contributed by atoms with Gasteiger partial charge in [0.1, 0.15) is 0 Å². The van der Waals surface area contributed by atoms with Gasteiger partial charge in [-0.3, -0.25) is 0 Å². The highest BCUT2D eigenvalue weighted by atomic mass is 32.1. The first-order valence-corrected chi connectivity index (χ1v) is 14.4. The Bertz CT molecular complexity index is 2170. The molecule has 0 saturated heterocycles. The molecule has 7 aromatic carbocycles. The minimum atomic E-state index is 1.14. The highest BCUT2D eigenvalue weighted by Gasteiger charge is 2.18. The van der Waals surface area contributed by atoms with Crippen molar-refractivity contribution in [3.63, 3.8) is 0 Å². The molecule has 188 valence electrons. The van der Waals surface area contributed by atoms with Gasteiger partial charge in [0.25, 0.3) is 0 Å². The third kappa shape index (κ3) is 3.85. The van der Waals surface area contributed by atoms with Gasteiger partial charge in [-0.05, 0) is 75.6 Å². The van der Waals surface area contributed by atoms with Crippen molar-refractivity contribution in [1.82, 2.24) is 0 Å². The number of nitrogens with zero attached hydrogens (tertiary/aromatic N) is 1.